The minimum atomic E-state index is -0.775. The number of urea groups is 1. The molecule has 0 aliphatic carbocycles. The highest BCUT2D eigenvalue weighted by molar-refractivity contribution is 7.99. The van der Waals surface area contributed by atoms with Crippen LogP contribution in [0.4, 0.5) is 22.0 Å². The summed E-state index contributed by atoms with van der Waals surface area (Å²) in [6.07, 6.45) is 3.48. The molecule has 6 rings (SSSR count). The van der Waals surface area contributed by atoms with Crippen LogP contribution in [0.25, 0.3) is 11.4 Å². The molecule has 2 aromatic carbocycles. The van der Waals surface area contributed by atoms with Gasteiger partial charge in [-0.2, -0.15) is 5.26 Å². The molecule has 2 atom stereocenters. The molecule has 0 radical (unpaired) electrons. The summed E-state index contributed by atoms with van der Waals surface area (Å²) >= 11 is 7.92. The second-order valence-electron chi connectivity index (χ2n) is 10.7. The Kier molecular flexibility index (Phi) is 6.91. The number of carbonyl (C=O) groups excluding carboxylic acids is 3. The van der Waals surface area contributed by atoms with Gasteiger partial charge in [0.2, 0.25) is 5.91 Å². The number of aromatic nitrogens is 2. The molecule has 3 aliphatic heterocycles. The average molecular weight is 590 g/mol. The molecule has 3 aromatic rings. The maximum absolute atomic E-state index is 13.9. The molecule has 0 saturated carbocycles. The smallest absolute Gasteiger partial charge is 0.337 e. The molecule has 0 spiro atoms. The van der Waals surface area contributed by atoms with Crippen molar-refractivity contribution in [3.63, 3.8) is 0 Å². The van der Waals surface area contributed by atoms with E-state index in [-0.39, 0.29) is 34.1 Å². The molecular weight excluding hydrogens is 562 g/mol. The fourth-order valence-corrected chi connectivity index (χ4v) is 7.17. The van der Waals surface area contributed by atoms with Gasteiger partial charge in [-0.05, 0) is 55.2 Å². The largest absolute Gasteiger partial charge is 0.368 e. The number of hydrogen-bond acceptors (Lipinski definition) is 7. The Morgan fingerprint density at radius 2 is 1.98 bits per heavy atom. The molecule has 2 fully saturated rings. The van der Waals surface area contributed by atoms with Crippen LogP contribution < -0.4 is 20.4 Å². The number of imidazole rings is 1. The van der Waals surface area contributed by atoms with Crippen molar-refractivity contribution < 1.29 is 14.4 Å². The van der Waals surface area contributed by atoms with E-state index in [0.717, 1.165) is 46.2 Å². The molecule has 210 valence electrons. The Bertz CT molecular complexity index is 1630. The summed E-state index contributed by atoms with van der Waals surface area (Å²) in [5.41, 5.74) is 8.03. The van der Waals surface area contributed by atoms with E-state index in [2.05, 4.69) is 11.0 Å². The SMILES string of the molecule is CC(C)C1C(=O)N(c2cc(Cl)cc(C#N)c2)C(=O)N1c1cn2c(n1)-c1ccc(N3CCC[C@H]3C(N)=O)cc1SCC2. The van der Waals surface area contributed by atoms with Gasteiger partial charge in [0.15, 0.2) is 5.82 Å². The fraction of sp³-hybridized carbons (Fsp3) is 0.345. The van der Waals surface area contributed by atoms with Gasteiger partial charge in [-0.15, -0.1) is 11.8 Å². The maximum atomic E-state index is 13.9. The zero-order valence-electron chi connectivity index (χ0n) is 22.6. The summed E-state index contributed by atoms with van der Waals surface area (Å²) < 4.78 is 2.01. The number of halogens is 1. The molecule has 1 aromatic heterocycles. The molecule has 0 bridgehead atoms. The van der Waals surface area contributed by atoms with Gasteiger partial charge in [-0.3, -0.25) is 14.5 Å². The number of amides is 4. The number of aryl methyl sites for hydroxylation is 1. The van der Waals surface area contributed by atoms with Crippen LogP contribution in [0, 0.1) is 17.2 Å². The Balaban J connectivity index is 1.38. The summed E-state index contributed by atoms with van der Waals surface area (Å²) in [7, 11) is 0. The van der Waals surface area contributed by atoms with Crippen LogP contribution in [0.5, 0.6) is 0 Å². The number of rotatable bonds is 5. The lowest BCUT2D eigenvalue weighted by molar-refractivity contribution is -0.119. The highest BCUT2D eigenvalue weighted by Crippen LogP contribution is 2.41. The van der Waals surface area contributed by atoms with Crippen molar-refractivity contribution in [1.82, 2.24) is 9.55 Å². The summed E-state index contributed by atoms with van der Waals surface area (Å²) in [6.45, 7) is 5.21. The molecule has 10 nitrogen and oxygen atoms in total. The summed E-state index contributed by atoms with van der Waals surface area (Å²) in [5, 5.41) is 9.66. The van der Waals surface area contributed by atoms with Gasteiger partial charge in [0, 0.05) is 46.2 Å². The van der Waals surface area contributed by atoms with Gasteiger partial charge in [-0.1, -0.05) is 25.4 Å². The van der Waals surface area contributed by atoms with Crippen molar-refractivity contribution in [3.8, 4) is 17.5 Å². The fourth-order valence-electron chi connectivity index (χ4n) is 5.92. The van der Waals surface area contributed by atoms with E-state index in [0.29, 0.717) is 18.2 Å². The third kappa shape index (κ3) is 4.61. The standard InChI is InChI=1S/C29H28ClN7O3S/c1-16(2)25-28(39)36(20-11-17(14-31)10-18(30)12-20)29(40)37(25)24-15-34-8-9-41-23-13-19(5-6-21(23)27(34)33-24)35-7-3-4-22(35)26(32)38/h5-6,10-13,15-16,22,25H,3-4,7-9H2,1-2H3,(H2,32,38)/t22-,25?/m0/s1. The Hall–Kier alpha value is -4.01. The quantitative estimate of drug-likeness (QED) is 0.430. The van der Waals surface area contributed by atoms with E-state index in [1.54, 1.807) is 11.8 Å². The lowest BCUT2D eigenvalue weighted by Gasteiger charge is -2.25. The van der Waals surface area contributed by atoms with Gasteiger partial charge in [0.05, 0.1) is 17.3 Å². The van der Waals surface area contributed by atoms with Gasteiger partial charge < -0.3 is 15.2 Å². The van der Waals surface area contributed by atoms with Gasteiger partial charge in [0.25, 0.3) is 5.91 Å². The Morgan fingerprint density at radius 3 is 2.71 bits per heavy atom. The number of benzene rings is 2. The van der Waals surface area contributed by atoms with E-state index in [1.165, 1.54) is 23.1 Å². The minimum absolute atomic E-state index is 0.198. The first-order chi connectivity index (χ1) is 19.7. The monoisotopic (exact) mass is 589 g/mol. The van der Waals surface area contributed by atoms with E-state index in [4.69, 9.17) is 22.3 Å². The Morgan fingerprint density at radius 1 is 1.17 bits per heavy atom. The first kappa shape index (κ1) is 27.2. The lowest BCUT2D eigenvalue weighted by Crippen LogP contribution is -2.40. The molecule has 4 amide bonds. The summed E-state index contributed by atoms with van der Waals surface area (Å²) in [6, 6.07) is 11.0. The number of hydrogen-bond donors (Lipinski definition) is 1. The molecule has 2 saturated heterocycles. The zero-order chi connectivity index (χ0) is 29.0. The van der Waals surface area contributed by atoms with Crippen molar-refractivity contribution in [1.29, 1.82) is 5.26 Å². The van der Waals surface area contributed by atoms with E-state index in [1.807, 2.05) is 42.8 Å². The Labute approximate surface area is 246 Å². The van der Waals surface area contributed by atoms with Crippen LogP contribution in [-0.2, 0) is 16.1 Å². The maximum Gasteiger partial charge on any atom is 0.337 e. The van der Waals surface area contributed by atoms with Crippen LogP contribution in [0.1, 0.15) is 32.3 Å². The normalized spacial score (nSPS) is 20.3. The van der Waals surface area contributed by atoms with Gasteiger partial charge >= 0.3 is 6.03 Å². The number of nitriles is 1. The third-order valence-electron chi connectivity index (χ3n) is 7.77. The van der Waals surface area contributed by atoms with E-state index in [9.17, 15) is 19.6 Å². The van der Waals surface area contributed by atoms with E-state index >= 15 is 0 Å². The molecule has 3 aliphatic rings. The predicted molar refractivity (Wildman–Crippen MR) is 158 cm³/mol. The number of anilines is 3. The summed E-state index contributed by atoms with van der Waals surface area (Å²) in [4.78, 5) is 50.0. The van der Waals surface area contributed by atoms with Crippen LogP contribution in [0.3, 0.4) is 0 Å². The number of primary amides is 1. The highest BCUT2D eigenvalue weighted by Gasteiger charge is 2.49. The molecule has 41 heavy (non-hydrogen) atoms. The van der Waals surface area contributed by atoms with Crippen molar-refractivity contribution >= 4 is 58.4 Å². The van der Waals surface area contributed by atoms with Crippen molar-refractivity contribution in [2.75, 3.05) is 27.0 Å². The number of nitrogens with zero attached hydrogens (tertiary/aromatic N) is 6. The summed E-state index contributed by atoms with van der Waals surface area (Å²) in [5.74, 6) is 0.967. The second-order valence-corrected chi connectivity index (χ2v) is 12.3. The topological polar surface area (TPSA) is 129 Å². The second kappa shape index (κ2) is 10.4. The van der Waals surface area contributed by atoms with Crippen LogP contribution in [-0.4, -0.2) is 51.8 Å². The van der Waals surface area contributed by atoms with Gasteiger partial charge in [-0.25, -0.2) is 14.7 Å². The van der Waals surface area contributed by atoms with E-state index < -0.39 is 18.0 Å². The molecular formula is C29H28ClN7O3S. The number of fused-ring (bicyclic) bond motifs is 3. The molecule has 12 heteroatoms. The minimum Gasteiger partial charge on any atom is -0.368 e. The van der Waals surface area contributed by atoms with Crippen molar-refractivity contribution in [3.05, 3.63) is 53.2 Å². The first-order valence-corrected chi connectivity index (χ1v) is 14.8. The van der Waals surface area contributed by atoms with Gasteiger partial charge in [0.1, 0.15) is 17.9 Å². The number of imide groups is 1. The molecule has 4 heterocycles. The lowest BCUT2D eigenvalue weighted by atomic mass is 10.0. The number of carbonyl (C=O) groups is 3. The van der Waals surface area contributed by atoms with Crippen LogP contribution in [0.2, 0.25) is 5.02 Å². The average Bonchev–Trinajstić information content (AvgIpc) is 3.62. The number of nitrogens with two attached hydrogens (primary N) is 1. The van der Waals surface area contributed by atoms with Crippen LogP contribution >= 0.6 is 23.4 Å². The first-order valence-electron chi connectivity index (χ1n) is 13.5. The highest BCUT2D eigenvalue weighted by atomic mass is 35.5. The zero-order valence-corrected chi connectivity index (χ0v) is 24.2. The predicted octanol–water partition coefficient (Wildman–Crippen LogP) is 4.63. The van der Waals surface area contributed by atoms with Crippen LogP contribution in [0.15, 0.2) is 47.5 Å². The molecule has 2 N–H and O–H groups in total. The van der Waals surface area contributed by atoms with Crippen molar-refractivity contribution in [2.45, 2.75) is 50.2 Å². The third-order valence-corrected chi connectivity index (χ3v) is 9.02. The number of thioether (sulfide) groups is 1. The van der Waals surface area contributed by atoms with Crippen molar-refractivity contribution in [2.24, 2.45) is 11.7 Å². The molecule has 1 unspecified atom stereocenters.